The molecule has 20 heavy (non-hydrogen) atoms. The third-order valence-corrected chi connectivity index (χ3v) is 3.73. The van der Waals surface area contributed by atoms with Crippen molar-refractivity contribution in [2.75, 3.05) is 0 Å². The minimum atomic E-state index is -0.258. The van der Waals surface area contributed by atoms with Crippen LogP contribution in [-0.4, -0.2) is 4.98 Å². The van der Waals surface area contributed by atoms with E-state index in [1.54, 1.807) is 12.1 Å². The lowest BCUT2D eigenvalue weighted by Crippen LogP contribution is -1.82. The van der Waals surface area contributed by atoms with Gasteiger partial charge in [-0.1, -0.05) is 17.7 Å². The van der Waals surface area contributed by atoms with E-state index in [2.05, 4.69) is 27.6 Å². The number of halogens is 2. The van der Waals surface area contributed by atoms with E-state index in [0.717, 1.165) is 16.8 Å². The van der Waals surface area contributed by atoms with Crippen LogP contribution >= 0.6 is 22.6 Å². The lowest BCUT2D eigenvalue weighted by molar-refractivity contribution is 0.547. The maximum absolute atomic E-state index is 13.0. The molecule has 2 aromatic carbocycles. The minimum absolute atomic E-state index is 0.258. The lowest BCUT2D eigenvalue weighted by atomic mass is 10.1. The number of aryl methyl sites for hydroxylation is 1. The van der Waals surface area contributed by atoms with Gasteiger partial charge >= 0.3 is 0 Å². The summed E-state index contributed by atoms with van der Waals surface area (Å²) < 4.78 is 19.4. The van der Waals surface area contributed by atoms with Crippen molar-refractivity contribution in [3.63, 3.8) is 0 Å². The second kappa shape index (κ2) is 5.36. The van der Waals surface area contributed by atoms with Crippen molar-refractivity contribution in [2.45, 2.75) is 6.92 Å². The predicted octanol–water partition coefficient (Wildman–Crippen LogP) is 5.06. The molecule has 0 radical (unpaired) electrons. The average Bonchev–Trinajstić information content (AvgIpc) is 2.82. The summed E-state index contributed by atoms with van der Waals surface area (Å²) in [5.74, 6) is 0.319. The van der Waals surface area contributed by atoms with Crippen LogP contribution in [0, 0.1) is 16.5 Å². The summed E-state index contributed by atoms with van der Waals surface area (Å²) in [7, 11) is 0. The average molecular weight is 379 g/mol. The molecule has 3 rings (SSSR count). The van der Waals surface area contributed by atoms with Crippen LogP contribution in [0.4, 0.5) is 4.39 Å². The summed E-state index contributed by atoms with van der Waals surface area (Å²) in [4.78, 5) is 4.51. The van der Waals surface area contributed by atoms with Crippen molar-refractivity contribution < 1.29 is 8.81 Å². The fourth-order valence-corrected chi connectivity index (χ4v) is 2.55. The summed E-state index contributed by atoms with van der Waals surface area (Å²) >= 11 is 2.10. The van der Waals surface area contributed by atoms with Crippen molar-refractivity contribution in [3.8, 4) is 22.7 Å². The number of aromatic nitrogens is 1. The highest BCUT2D eigenvalue weighted by Crippen LogP contribution is 2.30. The first-order valence-electron chi connectivity index (χ1n) is 6.13. The zero-order chi connectivity index (χ0) is 14.1. The molecule has 0 N–H and O–H groups in total. The van der Waals surface area contributed by atoms with Crippen LogP contribution < -0.4 is 0 Å². The van der Waals surface area contributed by atoms with Crippen LogP contribution in [0.1, 0.15) is 5.56 Å². The molecule has 100 valence electrons. The first-order valence-corrected chi connectivity index (χ1v) is 7.20. The Balaban J connectivity index is 2.02. The zero-order valence-corrected chi connectivity index (χ0v) is 12.9. The molecule has 0 aliphatic heterocycles. The number of benzene rings is 2. The molecule has 1 aromatic heterocycles. The second-order valence-electron chi connectivity index (χ2n) is 4.51. The molecule has 0 atom stereocenters. The quantitative estimate of drug-likeness (QED) is 0.582. The summed E-state index contributed by atoms with van der Waals surface area (Å²) in [5.41, 5.74) is 3.70. The van der Waals surface area contributed by atoms with E-state index < -0.39 is 0 Å². The molecule has 0 aliphatic carbocycles. The van der Waals surface area contributed by atoms with Crippen LogP contribution in [0.5, 0.6) is 0 Å². The fourth-order valence-electron chi connectivity index (χ4n) is 1.91. The zero-order valence-electron chi connectivity index (χ0n) is 10.7. The molecular formula is C16H11FINO. The molecule has 0 unspecified atom stereocenters. The summed E-state index contributed by atoms with van der Waals surface area (Å²) in [6, 6.07) is 14.2. The smallest absolute Gasteiger partial charge is 0.228 e. The van der Waals surface area contributed by atoms with Gasteiger partial charge in [-0.05, 0) is 43.3 Å². The summed E-state index contributed by atoms with van der Waals surface area (Å²) in [6.45, 7) is 2.03. The summed E-state index contributed by atoms with van der Waals surface area (Å²) in [6.07, 6.45) is 0. The minimum Gasteiger partial charge on any atom is -0.430 e. The topological polar surface area (TPSA) is 26.0 Å². The van der Waals surface area contributed by atoms with Gasteiger partial charge in [0.05, 0.1) is 0 Å². The molecule has 0 saturated heterocycles. The molecule has 3 aromatic rings. The van der Waals surface area contributed by atoms with E-state index in [-0.39, 0.29) is 5.82 Å². The molecule has 4 heteroatoms. The Morgan fingerprint density at radius 2 is 1.55 bits per heavy atom. The molecule has 0 fully saturated rings. The van der Waals surface area contributed by atoms with E-state index in [9.17, 15) is 4.39 Å². The third kappa shape index (κ3) is 2.60. The monoisotopic (exact) mass is 379 g/mol. The van der Waals surface area contributed by atoms with Gasteiger partial charge < -0.3 is 4.42 Å². The van der Waals surface area contributed by atoms with Crippen molar-refractivity contribution in [2.24, 2.45) is 0 Å². The molecule has 0 amide bonds. The molecule has 0 saturated carbocycles. The van der Waals surface area contributed by atoms with E-state index in [1.807, 2.05) is 31.2 Å². The summed E-state index contributed by atoms with van der Waals surface area (Å²) in [5, 5.41) is 0. The van der Waals surface area contributed by atoms with Gasteiger partial charge in [-0.15, -0.1) is 0 Å². The highest BCUT2D eigenvalue weighted by Gasteiger charge is 2.14. The normalized spacial score (nSPS) is 10.8. The maximum Gasteiger partial charge on any atom is 0.228 e. The molecular weight excluding hydrogens is 368 g/mol. The Morgan fingerprint density at radius 1 is 0.950 bits per heavy atom. The van der Waals surface area contributed by atoms with Gasteiger partial charge in [0.2, 0.25) is 5.89 Å². The maximum atomic E-state index is 13.0. The standard InChI is InChI=1S/C16H11FINO/c1-10-2-4-12(5-3-10)16-19-14(15(18)20-16)11-6-8-13(17)9-7-11/h2-9H,1H3. The van der Waals surface area contributed by atoms with Crippen molar-refractivity contribution in [3.05, 3.63) is 63.7 Å². The van der Waals surface area contributed by atoms with Gasteiger partial charge in [-0.25, -0.2) is 9.37 Å². The van der Waals surface area contributed by atoms with Gasteiger partial charge in [0.15, 0.2) is 3.77 Å². The lowest BCUT2D eigenvalue weighted by Gasteiger charge is -1.96. The Hall–Kier alpha value is -1.69. The Labute approximate surface area is 129 Å². The van der Waals surface area contributed by atoms with Gasteiger partial charge in [-0.2, -0.15) is 0 Å². The van der Waals surface area contributed by atoms with E-state index in [1.165, 1.54) is 17.7 Å². The van der Waals surface area contributed by atoms with Crippen molar-refractivity contribution >= 4 is 22.6 Å². The van der Waals surface area contributed by atoms with Crippen LogP contribution in [0.25, 0.3) is 22.7 Å². The Morgan fingerprint density at radius 3 is 2.20 bits per heavy atom. The first kappa shape index (κ1) is 13.3. The highest BCUT2D eigenvalue weighted by molar-refractivity contribution is 14.1. The van der Waals surface area contributed by atoms with E-state index in [4.69, 9.17) is 4.42 Å². The van der Waals surface area contributed by atoms with Gasteiger partial charge in [0.1, 0.15) is 11.5 Å². The van der Waals surface area contributed by atoms with Crippen LogP contribution in [-0.2, 0) is 0 Å². The molecule has 1 heterocycles. The first-order chi connectivity index (χ1) is 9.63. The van der Waals surface area contributed by atoms with Crippen LogP contribution in [0.15, 0.2) is 52.9 Å². The fraction of sp³-hybridized carbons (Fsp3) is 0.0625. The molecule has 2 nitrogen and oxygen atoms in total. The molecule has 0 aliphatic rings. The van der Waals surface area contributed by atoms with Crippen LogP contribution in [0.3, 0.4) is 0 Å². The van der Waals surface area contributed by atoms with Crippen molar-refractivity contribution in [1.29, 1.82) is 0 Å². The highest BCUT2D eigenvalue weighted by atomic mass is 127. The predicted molar refractivity (Wildman–Crippen MR) is 84.8 cm³/mol. The number of oxazole rings is 1. The Bertz CT molecular complexity index is 732. The number of rotatable bonds is 2. The van der Waals surface area contributed by atoms with E-state index >= 15 is 0 Å². The van der Waals surface area contributed by atoms with Gasteiger partial charge in [0.25, 0.3) is 0 Å². The second-order valence-corrected chi connectivity index (χ2v) is 5.49. The van der Waals surface area contributed by atoms with Crippen molar-refractivity contribution in [1.82, 2.24) is 4.98 Å². The Kier molecular flexibility index (Phi) is 3.56. The van der Waals surface area contributed by atoms with Gasteiger partial charge in [0, 0.05) is 33.7 Å². The van der Waals surface area contributed by atoms with Crippen LogP contribution in [0.2, 0.25) is 0 Å². The number of hydrogen-bond acceptors (Lipinski definition) is 2. The number of nitrogens with zero attached hydrogens (tertiary/aromatic N) is 1. The third-order valence-electron chi connectivity index (χ3n) is 3.00. The number of hydrogen-bond donors (Lipinski definition) is 0. The van der Waals surface area contributed by atoms with Gasteiger partial charge in [-0.3, -0.25) is 0 Å². The largest absolute Gasteiger partial charge is 0.430 e. The molecule has 0 spiro atoms. The SMILES string of the molecule is Cc1ccc(-c2nc(-c3ccc(F)cc3)c(I)o2)cc1. The molecule has 0 bridgehead atoms. The van der Waals surface area contributed by atoms with E-state index in [0.29, 0.717) is 9.66 Å².